The topological polar surface area (TPSA) is 97.5 Å². The highest BCUT2D eigenvalue weighted by Crippen LogP contribution is 2.31. The smallest absolute Gasteiger partial charge is 0.188 e. The number of pyridine rings is 1. The maximum atomic E-state index is 10.8. The van der Waals surface area contributed by atoms with Gasteiger partial charge in [0, 0.05) is 17.1 Å². The third kappa shape index (κ3) is 3.42. The Morgan fingerprint density at radius 1 is 1.04 bits per heavy atom. The van der Waals surface area contributed by atoms with Crippen molar-refractivity contribution in [2.24, 2.45) is 0 Å². The average molecular weight is 365 g/mol. The van der Waals surface area contributed by atoms with Crippen molar-refractivity contribution in [3.63, 3.8) is 0 Å². The zero-order valence-electron chi connectivity index (χ0n) is 13.4. The fourth-order valence-electron chi connectivity index (χ4n) is 2.37. The van der Waals surface area contributed by atoms with Crippen molar-refractivity contribution in [3.8, 4) is 22.8 Å². The quantitative estimate of drug-likeness (QED) is 0.485. The van der Waals surface area contributed by atoms with Crippen molar-refractivity contribution in [1.29, 1.82) is 0 Å². The van der Waals surface area contributed by atoms with Gasteiger partial charge in [-0.25, -0.2) is 9.97 Å². The summed E-state index contributed by atoms with van der Waals surface area (Å²) in [6.07, 6.45) is 1.71. The minimum absolute atomic E-state index is 0.158. The van der Waals surface area contributed by atoms with E-state index in [-0.39, 0.29) is 10.9 Å². The third-order valence-corrected chi connectivity index (χ3v) is 4.39. The van der Waals surface area contributed by atoms with Gasteiger partial charge in [-0.15, -0.1) is 11.3 Å². The summed E-state index contributed by atoms with van der Waals surface area (Å²) in [4.78, 5) is 8.72. The molecule has 0 aliphatic heterocycles. The molecule has 1 aromatic carbocycles. The highest BCUT2D eigenvalue weighted by Gasteiger charge is 2.11. The molecular weight excluding hydrogens is 352 g/mol. The predicted octanol–water partition coefficient (Wildman–Crippen LogP) is 4.90. The summed E-state index contributed by atoms with van der Waals surface area (Å²) >= 11 is 1.46. The third-order valence-electron chi connectivity index (χ3n) is 3.64. The number of rotatable bonds is 5. The van der Waals surface area contributed by atoms with E-state index in [0.717, 1.165) is 22.2 Å². The normalized spacial score (nSPS) is 10.7. The SMILES string of the molecule is [O-]N(O)c1ccc(-c2ccc(-c3csc(Nc4ccccn4)n3)o2)cc1. The van der Waals surface area contributed by atoms with Crippen LogP contribution in [0.1, 0.15) is 0 Å². The van der Waals surface area contributed by atoms with Gasteiger partial charge in [-0.1, -0.05) is 6.07 Å². The molecule has 0 amide bonds. The number of thiazole rings is 1. The van der Waals surface area contributed by atoms with E-state index in [1.165, 1.54) is 23.5 Å². The molecule has 0 bridgehead atoms. The first-order chi connectivity index (χ1) is 12.7. The second-order valence-electron chi connectivity index (χ2n) is 5.36. The molecule has 0 radical (unpaired) electrons. The number of nitrogens with zero attached hydrogens (tertiary/aromatic N) is 3. The zero-order valence-corrected chi connectivity index (χ0v) is 14.2. The van der Waals surface area contributed by atoms with Crippen molar-refractivity contribution >= 4 is 28.0 Å². The lowest BCUT2D eigenvalue weighted by molar-refractivity contribution is 0.296. The van der Waals surface area contributed by atoms with Crippen LogP contribution in [0.15, 0.2) is 70.6 Å². The van der Waals surface area contributed by atoms with Crippen LogP contribution in [0.4, 0.5) is 16.6 Å². The van der Waals surface area contributed by atoms with Gasteiger partial charge in [-0.2, -0.15) is 0 Å². The van der Waals surface area contributed by atoms with Crippen molar-refractivity contribution in [2.45, 2.75) is 0 Å². The number of nitrogens with one attached hydrogen (secondary N) is 1. The van der Waals surface area contributed by atoms with Crippen LogP contribution in [0, 0.1) is 5.21 Å². The molecule has 2 N–H and O–H groups in total. The van der Waals surface area contributed by atoms with E-state index < -0.39 is 0 Å². The van der Waals surface area contributed by atoms with E-state index in [0.29, 0.717) is 11.5 Å². The van der Waals surface area contributed by atoms with Crippen LogP contribution in [-0.4, -0.2) is 15.2 Å². The van der Waals surface area contributed by atoms with Crippen LogP contribution in [0.5, 0.6) is 0 Å². The highest BCUT2D eigenvalue weighted by molar-refractivity contribution is 7.14. The lowest BCUT2D eigenvalue weighted by atomic mass is 10.1. The second kappa shape index (κ2) is 6.96. The van der Waals surface area contributed by atoms with Crippen LogP contribution in [-0.2, 0) is 0 Å². The molecule has 130 valence electrons. The Labute approximate surface area is 152 Å². The maximum Gasteiger partial charge on any atom is 0.188 e. The maximum absolute atomic E-state index is 10.8. The summed E-state index contributed by atoms with van der Waals surface area (Å²) in [6.45, 7) is 0. The van der Waals surface area contributed by atoms with Crippen LogP contribution >= 0.6 is 11.3 Å². The molecule has 0 saturated heterocycles. The molecule has 0 unspecified atom stereocenters. The molecule has 8 heteroatoms. The molecule has 0 aliphatic rings. The largest absolute Gasteiger partial charge is 0.733 e. The van der Waals surface area contributed by atoms with E-state index in [1.807, 2.05) is 35.7 Å². The van der Waals surface area contributed by atoms with Gasteiger partial charge in [-0.3, -0.25) is 5.21 Å². The van der Waals surface area contributed by atoms with E-state index in [9.17, 15) is 5.21 Å². The second-order valence-corrected chi connectivity index (χ2v) is 6.22. The predicted molar refractivity (Wildman–Crippen MR) is 100 cm³/mol. The molecule has 0 fully saturated rings. The molecule has 7 nitrogen and oxygen atoms in total. The Kier molecular flexibility index (Phi) is 4.36. The van der Waals surface area contributed by atoms with E-state index >= 15 is 0 Å². The van der Waals surface area contributed by atoms with Crippen LogP contribution in [0.2, 0.25) is 0 Å². The first-order valence-electron chi connectivity index (χ1n) is 7.69. The monoisotopic (exact) mass is 365 g/mol. The van der Waals surface area contributed by atoms with Crippen LogP contribution < -0.4 is 10.5 Å². The lowest BCUT2D eigenvalue weighted by Gasteiger charge is -2.21. The summed E-state index contributed by atoms with van der Waals surface area (Å²) in [7, 11) is 0. The van der Waals surface area contributed by atoms with Gasteiger partial charge in [0.25, 0.3) is 0 Å². The molecule has 4 aromatic rings. The summed E-state index contributed by atoms with van der Waals surface area (Å²) in [5, 5.41) is 25.3. The number of furan rings is 1. The number of hydrogen-bond acceptors (Lipinski definition) is 8. The molecular formula is C18H13N4O3S-. The summed E-state index contributed by atoms with van der Waals surface area (Å²) < 4.78 is 5.87. The Morgan fingerprint density at radius 2 is 1.85 bits per heavy atom. The van der Waals surface area contributed by atoms with Crippen molar-refractivity contribution in [3.05, 3.63) is 71.4 Å². The van der Waals surface area contributed by atoms with Gasteiger partial charge in [0.15, 0.2) is 10.9 Å². The van der Waals surface area contributed by atoms with Gasteiger partial charge in [0.2, 0.25) is 0 Å². The number of hydrogen-bond donors (Lipinski definition) is 2. The fraction of sp³-hybridized carbons (Fsp3) is 0. The number of anilines is 3. The van der Waals surface area contributed by atoms with Crippen molar-refractivity contribution in [1.82, 2.24) is 9.97 Å². The lowest BCUT2D eigenvalue weighted by Crippen LogP contribution is -2.06. The van der Waals surface area contributed by atoms with Crippen LogP contribution in [0.3, 0.4) is 0 Å². The zero-order chi connectivity index (χ0) is 17.9. The molecule has 0 spiro atoms. The first kappa shape index (κ1) is 16.3. The van der Waals surface area contributed by atoms with Gasteiger partial charge in [0.1, 0.15) is 17.3 Å². The minimum Gasteiger partial charge on any atom is -0.733 e. The molecule has 0 saturated carbocycles. The van der Waals surface area contributed by atoms with Crippen molar-refractivity contribution < 1.29 is 9.62 Å². The molecule has 26 heavy (non-hydrogen) atoms. The summed E-state index contributed by atoms with van der Waals surface area (Å²) in [6, 6.07) is 15.7. The molecule has 3 aromatic heterocycles. The molecule has 4 rings (SSSR count). The van der Waals surface area contributed by atoms with Gasteiger partial charge in [-0.05, 0) is 48.5 Å². The fourth-order valence-corrected chi connectivity index (χ4v) is 3.08. The highest BCUT2D eigenvalue weighted by atomic mass is 32.1. The van der Waals surface area contributed by atoms with Gasteiger partial charge in [0.05, 0.1) is 5.69 Å². The van der Waals surface area contributed by atoms with E-state index in [2.05, 4.69) is 15.3 Å². The standard InChI is InChI=1S/C18H13N4O3S/c23-22(24)13-6-4-12(5-7-13)15-8-9-16(25-15)14-11-26-18(20-14)21-17-3-1-2-10-19-17/h1-11,23H,(H,19,20,21)/q-1. The summed E-state index contributed by atoms with van der Waals surface area (Å²) in [5.41, 5.74) is 1.67. The first-order valence-corrected chi connectivity index (χ1v) is 8.57. The van der Waals surface area contributed by atoms with Gasteiger partial charge < -0.3 is 20.2 Å². The Balaban J connectivity index is 1.53. The average Bonchev–Trinajstić information content (AvgIpc) is 3.32. The Hall–Kier alpha value is -3.20. The van der Waals surface area contributed by atoms with Crippen LogP contribution in [0.25, 0.3) is 22.8 Å². The van der Waals surface area contributed by atoms with Gasteiger partial charge >= 0.3 is 0 Å². The molecule has 3 heterocycles. The Morgan fingerprint density at radius 3 is 2.58 bits per heavy atom. The minimum atomic E-state index is -0.178. The Bertz CT molecular complexity index is 997. The molecule has 0 aliphatic carbocycles. The number of benzene rings is 1. The van der Waals surface area contributed by atoms with E-state index in [1.54, 1.807) is 18.3 Å². The number of aromatic nitrogens is 2. The van der Waals surface area contributed by atoms with E-state index in [4.69, 9.17) is 9.62 Å². The van der Waals surface area contributed by atoms with Crippen molar-refractivity contribution in [2.75, 3.05) is 10.5 Å². The molecule has 0 atom stereocenters. The summed E-state index contributed by atoms with van der Waals surface area (Å²) in [5.74, 6) is 2.01.